The van der Waals surface area contributed by atoms with Gasteiger partial charge in [0.25, 0.3) is 11.4 Å². The number of alkyl halides is 1. The number of halogens is 1. The number of ether oxygens (including phenoxy) is 1. The number of nitrogens with one attached hydrogen (secondary N) is 1. The Morgan fingerprint density at radius 2 is 2.20 bits per heavy atom. The second-order valence-corrected chi connectivity index (χ2v) is 8.05. The summed E-state index contributed by atoms with van der Waals surface area (Å²) in [7, 11) is -4.81. The molecule has 0 radical (unpaired) electrons. The fraction of sp³-hybridized carbons (Fsp3) is 0.412. The summed E-state index contributed by atoms with van der Waals surface area (Å²) in [5.41, 5.74) is -1.81. The van der Waals surface area contributed by atoms with Crippen molar-refractivity contribution in [1.29, 1.82) is 0 Å². The predicted molar refractivity (Wildman–Crippen MR) is 97.5 cm³/mol. The fourth-order valence-corrected chi connectivity index (χ4v) is 3.88. The molecule has 13 heteroatoms. The Hall–Kier alpha value is -2.34. The molecule has 3 N–H and O–H groups in total. The van der Waals surface area contributed by atoms with Gasteiger partial charge in [-0.15, -0.1) is 0 Å². The topological polar surface area (TPSA) is 149 Å². The highest BCUT2D eigenvalue weighted by Gasteiger charge is 2.57. The third-order valence-electron chi connectivity index (χ3n) is 4.40. The number of aliphatic hydroxyl groups excluding tert-OH is 2. The van der Waals surface area contributed by atoms with Gasteiger partial charge in [0.2, 0.25) is 0 Å². The predicted octanol–water partition coefficient (Wildman–Crippen LogP) is 0.495. The smallest absolute Gasteiger partial charge is 0.404 e. The van der Waals surface area contributed by atoms with Crippen molar-refractivity contribution in [2.75, 3.05) is 6.56 Å². The number of aryl methyl sites for hydroxylation is 1. The number of phosphoric ester groups is 1. The molecule has 1 aromatic carbocycles. The lowest BCUT2D eigenvalue weighted by Crippen LogP contribution is -2.43. The maximum Gasteiger partial charge on any atom is 0.530 e. The molecule has 5 atom stereocenters. The van der Waals surface area contributed by atoms with Crippen LogP contribution in [-0.2, 0) is 25.0 Å². The van der Waals surface area contributed by atoms with E-state index >= 15 is 4.39 Å². The van der Waals surface area contributed by atoms with E-state index in [1.165, 1.54) is 19.1 Å². The Kier molecular flexibility index (Phi) is 4.29. The summed E-state index contributed by atoms with van der Waals surface area (Å²) in [4.78, 5) is 25.6. The first-order chi connectivity index (χ1) is 15.2. The molecule has 3 heterocycles. The molecule has 2 aliphatic heterocycles. The number of aliphatic hydroxyl groups is 2. The van der Waals surface area contributed by atoms with Gasteiger partial charge in [0.1, 0.15) is 24.5 Å². The van der Waals surface area contributed by atoms with E-state index in [2.05, 4.69) is 4.52 Å². The SMILES string of the molecule is [2H]C([2H])(OP1(=O)OCc2ccccc2O1)[C@@]1(F)O[C@@]([2H])(n2cc(C)c(=O)[nH]c2=O)[C@H](O)[C@@H]1O. The summed E-state index contributed by atoms with van der Waals surface area (Å²) in [6, 6.07) is 6.12. The number of aromatic nitrogens is 2. The van der Waals surface area contributed by atoms with Gasteiger partial charge in [-0.1, -0.05) is 18.2 Å². The number of benzene rings is 1. The maximum atomic E-state index is 15.8. The molecule has 2 aromatic rings. The molecule has 1 fully saturated rings. The number of H-pyrrole nitrogens is 1. The van der Waals surface area contributed by atoms with E-state index in [9.17, 15) is 24.4 Å². The van der Waals surface area contributed by atoms with Gasteiger partial charge in [-0.3, -0.25) is 23.4 Å². The summed E-state index contributed by atoms with van der Waals surface area (Å²) in [5.74, 6) is -4.02. The minimum absolute atomic E-state index is 0.0221. The first-order valence-corrected chi connectivity index (χ1v) is 10.00. The normalized spacial score (nSPS) is 37.5. The van der Waals surface area contributed by atoms with Crippen LogP contribution in [-0.4, -0.2) is 44.4 Å². The molecular formula is C17H18FN2O9P. The Bertz CT molecular complexity index is 1270. The van der Waals surface area contributed by atoms with Crippen LogP contribution in [0.25, 0.3) is 0 Å². The van der Waals surface area contributed by atoms with Crippen LogP contribution in [0.2, 0.25) is 0 Å². The van der Waals surface area contributed by atoms with Crippen molar-refractivity contribution in [1.82, 2.24) is 9.55 Å². The van der Waals surface area contributed by atoms with Crippen LogP contribution >= 0.6 is 7.82 Å². The molecule has 0 aliphatic carbocycles. The minimum Gasteiger partial charge on any atom is -0.404 e. The lowest BCUT2D eigenvalue weighted by molar-refractivity contribution is -0.205. The van der Waals surface area contributed by atoms with Crippen LogP contribution in [0, 0.1) is 6.92 Å². The zero-order valence-corrected chi connectivity index (χ0v) is 16.2. The van der Waals surface area contributed by atoms with E-state index in [0.29, 0.717) is 5.56 Å². The summed E-state index contributed by atoms with van der Waals surface area (Å²) >= 11 is 0. The third kappa shape index (κ3) is 3.62. The lowest BCUT2D eigenvalue weighted by Gasteiger charge is -2.28. The molecule has 1 aromatic heterocycles. The van der Waals surface area contributed by atoms with Crippen molar-refractivity contribution < 1.29 is 41.6 Å². The van der Waals surface area contributed by atoms with E-state index in [-0.39, 0.29) is 22.5 Å². The van der Waals surface area contributed by atoms with Gasteiger partial charge in [-0.05, 0) is 13.0 Å². The van der Waals surface area contributed by atoms with Crippen molar-refractivity contribution in [3.05, 3.63) is 62.4 Å². The number of para-hydroxylation sites is 1. The highest BCUT2D eigenvalue weighted by atomic mass is 31.2. The van der Waals surface area contributed by atoms with E-state index < -0.39 is 49.9 Å². The van der Waals surface area contributed by atoms with E-state index in [1.807, 2.05) is 4.98 Å². The molecule has 0 bridgehead atoms. The molecular weight excluding hydrogens is 426 g/mol. The van der Waals surface area contributed by atoms with Gasteiger partial charge in [-0.2, -0.15) is 0 Å². The van der Waals surface area contributed by atoms with Crippen LogP contribution in [0.4, 0.5) is 4.39 Å². The van der Waals surface area contributed by atoms with Gasteiger partial charge in [0.05, 0.1) is 10.7 Å². The van der Waals surface area contributed by atoms with Gasteiger partial charge < -0.3 is 19.5 Å². The van der Waals surface area contributed by atoms with Gasteiger partial charge in [-0.25, -0.2) is 13.8 Å². The summed E-state index contributed by atoms with van der Waals surface area (Å²) in [5, 5.41) is 20.6. The first kappa shape index (κ1) is 17.4. The van der Waals surface area contributed by atoms with Crippen molar-refractivity contribution in [3.8, 4) is 5.75 Å². The Morgan fingerprint density at radius 3 is 2.97 bits per heavy atom. The summed E-state index contributed by atoms with van der Waals surface area (Å²) in [6.45, 7) is -2.93. The molecule has 11 nitrogen and oxygen atoms in total. The average Bonchev–Trinajstić information content (AvgIpc) is 2.91. The molecule has 0 amide bonds. The van der Waals surface area contributed by atoms with Crippen molar-refractivity contribution in [2.24, 2.45) is 0 Å². The number of rotatable bonds is 4. The molecule has 30 heavy (non-hydrogen) atoms. The minimum atomic E-state index is -4.81. The van der Waals surface area contributed by atoms with Crippen LogP contribution in [0.5, 0.6) is 5.75 Å². The molecule has 1 saturated heterocycles. The number of hydrogen-bond donors (Lipinski definition) is 3. The van der Waals surface area contributed by atoms with Crippen LogP contribution < -0.4 is 15.8 Å². The summed E-state index contributed by atoms with van der Waals surface area (Å²) in [6.07, 6.45) is -7.75. The second-order valence-electron chi connectivity index (χ2n) is 6.53. The van der Waals surface area contributed by atoms with E-state index in [4.69, 9.17) is 17.9 Å². The van der Waals surface area contributed by atoms with Crippen LogP contribution in [0.15, 0.2) is 40.1 Å². The zero-order valence-electron chi connectivity index (χ0n) is 18.3. The van der Waals surface area contributed by atoms with Crippen molar-refractivity contribution in [3.63, 3.8) is 0 Å². The Balaban J connectivity index is 1.68. The number of aromatic amines is 1. The van der Waals surface area contributed by atoms with E-state index in [0.717, 1.165) is 6.20 Å². The quantitative estimate of drug-likeness (QED) is 0.570. The number of fused-ring (bicyclic) bond motifs is 1. The fourth-order valence-electron chi connectivity index (χ4n) is 2.79. The average molecular weight is 447 g/mol. The standard InChI is InChI=1S/C17H18FN2O9P/c1-9-6-20(16(24)19-14(9)23)15-12(21)13(22)17(18,28-15)8-27-30(25)26-7-10-4-2-3-5-11(10)29-30/h2-6,12-13,15,21-22H,7-8H2,1H3,(H,19,23,24)/t12-,13+,15-,17-,30?/m1/s1/i8D2,15D. The highest BCUT2D eigenvalue weighted by molar-refractivity contribution is 7.49. The second kappa shape index (κ2) is 7.41. The molecule has 1 unspecified atom stereocenters. The Morgan fingerprint density at radius 1 is 1.47 bits per heavy atom. The lowest BCUT2D eigenvalue weighted by atomic mass is 10.1. The Labute approximate surface area is 172 Å². The summed E-state index contributed by atoms with van der Waals surface area (Å²) < 4.78 is 72.5. The molecule has 4 rings (SSSR count). The monoisotopic (exact) mass is 447 g/mol. The molecule has 162 valence electrons. The third-order valence-corrected chi connectivity index (χ3v) is 5.58. The van der Waals surface area contributed by atoms with E-state index in [1.54, 1.807) is 12.1 Å². The zero-order chi connectivity index (χ0) is 24.4. The number of nitrogens with zero attached hydrogens (tertiary/aromatic N) is 1. The maximum absolute atomic E-state index is 15.8. The molecule has 0 saturated carbocycles. The van der Waals surface area contributed by atoms with Gasteiger partial charge in [0, 0.05) is 17.3 Å². The number of hydrogen-bond acceptors (Lipinski definition) is 9. The van der Waals surface area contributed by atoms with Crippen molar-refractivity contribution in [2.45, 2.75) is 37.8 Å². The van der Waals surface area contributed by atoms with Crippen molar-refractivity contribution >= 4 is 7.82 Å². The number of phosphoric acid groups is 1. The largest absolute Gasteiger partial charge is 0.530 e. The van der Waals surface area contributed by atoms with Gasteiger partial charge >= 0.3 is 13.5 Å². The van der Waals surface area contributed by atoms with Crippen LogP contribution in [0.3, 0.4) is 0 Å². The highest BCUT2D eigenvalue weighted by Crippen LogP contribution is 2.55. The van der Waals surface area contributed by atoms with Gasteiger partial charge in [0.15, 0.2) is 6.20 Å². The molecule has 2 aliphatic rings. The first-order valence-electron chi connectivity index (χ1n) is 10.0. The molecule has 0 spiro atoms. The van der Waals surface area contributed by atoms with Crippen LogP contribution in [0.1, 0.15) is 21.4 Å².